The topological polar surface area (TPSA) is 111 Å². The molecule has 3 N–H and O–H groups in total. The van der Waals surface area contributed by atoms with Gasteiger partial charge in [-0.2, -0.15) is 0 Å². The number of fused-ring (bicyclic) bond motifs is 5. The van der Waals surface area contributed by atoms with Crippen LogP contribution in [0, 0.1) is 5.41 Å². The van der Waals surface area contributed by atoms with Crippen molar-refractivity contribution in [2.75, 3.05) is 5.73 Å². The van der Waals surface area contributed by atoms with E-state index in [0.29, 0.717) is 34.7 Å². The fraction of sp³-hybridized carbons (Fsp3) is 0.200. The Labute approximate surface area is 153 Å². The Balaban J connectivity index is 1.90. The molecule has 0 aliphatic carbocycles. The van der Waals surface area contributed by atoms with Crippen LogP contribution in [0.2, 0.25) is 0 Å². The average molecular weight is 360 g/mol. The third-order valence-electron chi connectivity index (χ3n) is 5.51. The Kier molecular flexibility index (Phi) is 3.07. The second-order valence-electron chi connectivity index (χ2n) is 6.89. The first-order valence-electron chi connectivity index (χ1n) is 8.67. The number of ether oxygens (including phenoxy) is 1. The highest BCUT2D eigenvalue weighted by Crippen LogP contribution is 2.42. The van der Waals surface area contributed by atoms with Gasteiger partial charge < -0.3 is 20.4 Å². The van der Waals surface area contributed by atoms with Crippen molar-refractivity contribution in [2.24, 2.45) is 0 Å². The number of para-hydroxylation sites is 1. The first kappa shape index (κ1) is 15.7. The van der Waals surface area contributed by atoms with Crippen molar-refractivity contribution in [3.05, 3.63) is 56.9 Å². The van der Waals surface area contributed by atoms with Crippen LogP contribution in [0.3, 0.4) is 0 Å². The first-order valence-corrected chi connectivity index (χ1v) is 8.67. The molecule has 2 aliphatic rings. The highest BCUT2D eigenvalue weighted by atomic mass is 16.5. The van der Waals surface area contributed by atoms with E-state index in [0.717, 1.165) is 22.0 Å². The van der Waals surface area contributed by atoms with Crippen molar-refractivity contribution in [3.8, 4) is 11.4 Å². The second kappa shape index (κ2) is 5.26. The van der Waals surface area contributed by atoms with Gasteiger partial charge in [0.25, 0.3) is 5.56 Å². The number of nitrogens with one attached hydrogen (secondary N) is 1. The van der Waals surface area contributed by atoms with Crippen molar-refractivity contribution in [3.63, 3.8) is 0 Å². The van der Waals surface area contributed by atoms with Crippen LogP contribution in [0.5, 0.6) is 0 Å². The van der Waals surface area contributed by atoms with Gasteiger partial charge in [-0.15, -0.1) is 0 Å². The smallest absolute Gasteiger partial charge is 0.313 e. The number of nitrogen functional groups attached to an aromatic ring is 1. The van der Waals surface area contributed by atoms with Crippen LogP contribution in [-0.4, -0.2) is 21.7 Å². The Hall–Kier alpha value is -3.48. The van der Waals surface area contributed by atoms with Crippen LogP contribution >= 0.6 is 0 Å². The molecule has 0 spiro atoms. The third kappa shape index (κ3) is 1.91. The first-order chi connectivity index (χ1) is 13.0. The average Bonchev–Trinajstić information content (AvgIpc) is 3.05. The van der Waals surface area contributed by atoms with Gasteiger partial charge in [0.05, 0.1) is 40.6 Å². The number of nitrogens with zero attached hydrogens (tertiary/aromatic N) is 2. The zero-order valence-corrected chi connectivity index (χ0v) is 14.6. The highest BCUT2D eigenvalue weighted by Gasteiger charge is 2.36. The molecule has 2 aliphatic heterocycles. The molecule has 0 saturated heterocycles. The largest absolute Gasteiger partial charge is 0.460 e. The lowest BCUT2D eigenvalue weighted by Crippen LogP contribution is -2.33. The maximum atomic E-state index is 13.1. The molecular formula is C20H16N4O3. The summed E-state index contributed by atoms with van der Waals surface area (Å²) in [6.45, 7) is 1.93. The standard InChI is InChI=1S/C20H16N4O3/c1-9-15-13(8-27-20(9)26)19(25)24-7-12-11(6-21)10-4-2-3-5-14(10)23-17(12)18(24)16(15)22/h2-6,9,21H,7-8,22H2,1H3. The van der Waals surface area contributed by atoms with Crippen molar-refractivity contribution < 1.29 is 9.53 Å². The molecule has 1 unspecified atom stereocenters. The van der Waals surface area contributed by atoms with Gasteiger partial charge in [-0.05, 0) is 13.0 Å². The Morgan fingerprint density at radius 1 is 1.30 bits per heavy atom. The minimum absolute atomic E-state index is 0.0645. The molecular weight excluding hydrogens is 344 g/mol. The van der Waals surface area contributed by atoms with Gasteiger partial charge in [0.1, 0.15) is 6.61 Å². The molecule has 0 saturated carbocycles. The lowest BCUT2D eigenvalue weighted by Gasteiger charge is -2.24. The summed E-state index contributed by atoms with van der Waals surface area (Å²) < 4.78 is 6.72. The number of nitrogens with two attached hydrogens (primary N) is 1. The summed E-state index contributed by atoms with van der Waals surface area (Å²) in [6.07, 6.45) is 1.30. The molecule has 27 heavy (non-hydrogen) atoms. The molecule has 1 atom stereocenters. The van der Waals surface area contributed by atoms with E-state index in [1.807, 2.05) is 24.3 Å². The van der Waals surface area contributed by atoms with Gasteiger partial charge in [0, 0.05) is 28.3 Å². The van der Waals surface area contributed by atoms with Gasteiger partial charge >= 0.3 is 5.97 Å². The van der Waals surface area contributed by atoms with E-state index >= 15 is 0 Å². The molecule has 5 rings (SSSR count). The number of carbonyl (C=O) groups excluding carboxylic acids is 1. The van der Waals surface area contributed by atoms with E-state index in [4.69, 9.17) is 20.9 Å². The fourth-order valence-corrected chi connectivity index (χ4v) is 4.20. The zero-order chi connectivity index (χ0) is 18.9. The molecule has 1 aromatic carbocycles. The van der Waals surface area contributed by atoms with E-state index in [2.05, 4.69) is 0 Å². The highest BCUT2D eigenvalue weighted by molar-refractivity contribution is 6.02. The van der Waals surface area contributed by atoms with Crippen LogP contribution in [0.4, 0.5) is 5.69 Å². The number of cyclic esters (lactones) is 1. The molecule has 2 aromatic heterocycles. The van der Waals surface area contributed by atoms with E-state index in [1.54, 1.807) is 11.5 Å². The maximum absolute atomic E-state index is 13.1. The van der Waals surface area contributed by atoms with Crippen molar-refractivity contribution >= 4 is 28.8 Å². The third-order valence-corrected chi connectivity index (χ3v) is 5.51. The Bertz CT molecular complexity index is 1240. The fourth-order valence-electron chi connectivity index (χ4n) is 4.20. The lowest BCUT2D eigenvalue weighted by molar-refractivity contribution is -0.147. The number of rotatable bonds is 1. The van der Waals surface area contributed by atoms with Gasteiger partial charge in [-0.3, -0.25) is 9.59 Å². The minimum atomic E-state index is -0.598. The molecule has 3 aromatic rings. The Morgan fingerprint density at radius 2 is 2.07 bits per heavy atom. The van der Waals surface area contributed by atoms with Crippen molar-refractivity contribution in [1.29, 1.82) is 5.41 Å². The molecule has 0 amide bonds. The summed E-state index contributed by atoms with van der Waals surface area (Å²) in [5.41, 5.74) is 11.0. The van der Waals surface area contributed by atoms with Crippen LogP contribution < -0.4 is 11.3 Å². The predicted molar refractivity (Wildman–Crippen MR) is 101 cm³/mol. The summed E-state index contributed by atoms with van der Waals surface area (Å²) in [6, 6.07) is 7.57. The van der Waals surface area contributed by atoms with E-state index < -0.39 is 5.92 Å². The van der Waals surface area contributed by atoms with E-state index in [9.17, 15) is 9.59 Å². The summed E-state index contributed by atoms with van der Waals surface area (Å²) in [4.78, 5) is 29.9. The van der Waals surface area contributed by atoms with Gasteiger partial charge in [-0.25, -0.2) is 4.98 Å². The summed E-state index contributed by atoms with van der Waals surface area (Å²) in [5.74, 6) is -0.984. The van der Waals surface area contributed by atoms with Crippen LogP contribution in [0.1, 0.15) is 35.1 Å². The van der Waals surface area contributed by atoms with Crippen molar-refractivity contribution in [1.82, 2.24) is 9.55 Å². The Morgan fingerprint density at radius 3 is 2.85 bits per heavy atom. The summed E-state index contributed by atoms with van der Waals surface area (Å²) in [7, 11) is 0. The number of hydrogen-bond acceptors (Lipinski definition) is 6. The lowest BCUT2D eigenvalue weighted by atomic mass is 9.91. The molecule has 4 heterocycles. The molecule has 0 bridgehead atoms. The number of benzene rings is 1. The van der Waals surface area contributed by atoms with Gasteiger partial charge in [-0.1, -0.05) is 18.2 Å². The molecule has 7 nitrogen and oxygen atoms in total. The van der Waals surface area contributed by atoms with Crippen LogP contribution in [-0.2, 0) is 22.7 Å². The summed E-state index contributed by atoms with van der Waals surface area (Å²) in [5, 5.41) is 8.76. The molecule has 0 radical (unpaired) electrons. The van der Waals surface area contributed by atoms with Gasteiger partial charge in [0.2, 0.25) is 0 Å². The van der Waals surface area contributed by atoms with Crippen LogP contribution in [0.15, 0.2) is 29.1 Å². The van der Waals surface area contributed by atoms with Crippen LogP contribution in [0.25, 0.3) is 22.3 Å². The van der Waals surface area contributed by atoms with E-state index in [-0.39, 0.29) is 18.1 Å². The predicted octanol–water partition coefficient (Wildman–Crippen LogP) is 2.17. The SMILES string of the molecule is CC1C(=O)OCc2c1c(N)c1n(c2=O)Cc2c-1nc1ccccc1c2C=N. The number of hydrogen-bond donors (Lipinski definition) is 2. The number of esters is 1. The zero-order valence-electron chi connectivity index (χ0n) is 14.6. The number of carbonyl (C=O) groups is 1. The normalized spacial score (nSPS) is 17.2. The molecule has 134 valence electrons. The second-order valence-corrected chi connectivity index (χ2v) is 6.89. The summed E-state index contributed by atoms with van der Waals surface area (Å²) >= 11 is 0. The number of anilines is 1. The molecule has 0 fully saturated rings. The monoisotopic (exact) mass is 360 g/mol. The quantitative estimate of drug-likeness (QED) is 0.399. The number of pyridine rings is 2. The minimum Gasteiger partial charge on any atom is -0.460 e. The van der Waals surface area contributed by atoms with Gasteiger partial charge in [0.15, 0.2) is 0 Å². The molecule has 7 heteroatoms. The maximum Gasteiger partial charge on any atom is 0.313 e. The number of aromatic nitrogens is 2. The van der Waals surface area contributed by atoms with E-state index in [1.165, 1.54) is 6.21 Å². The van der Waals surface area contributed by atoms with Crippen molar-refractivity contribution in [2.45, 2.75) is 26.0 Å².